The van der Waals surface area contributed by atoms with Crippen molar-refractivity contribution in [3.8, 4) is 0 Å². The van der Waals surface area contributed by atoms with Crippen molar-refractivity contribution < 1.29 is 4.79 Å². The molecular formula is C25H30OS4. The zero-order valence-corrected chi connectivity index (χ0v) is 21.5. The predicted molar refractivity (Wildman–Crippen MR) is 136 cm³/mol. The van der Waals surface area contributed by atoms with E-state index in [9.17, 15) is 4.79 Å². The van der Waals surface area contributed by atoms with Gasteiger partial charge in [0.05, 0.1) is 0 Å². The minimum Gasteiger partial charge on any atom is -0.299 e. The lowest BCUT2D eigenvalue weighted by Crippen LogP contribution is -2.16. The molecule has 0 unspecified atom stereocenters. The summed E-state index contributed by atoms with van der Waals surface area (Å²) in [5, 5.41) is 0. The van der Waals surface area contributed by atoms with Crippen LogP contribution in [0.5, 0.6) is 0 Å². The minimum atomic E-state index is 0.299. The molecule has 0 atom stereocenters. The molecule has 0 aromatic heterocycles. The van der Waals surface area contributed by atoms with Crippen LogP contribution in [-0.4, -0.2) is 28.8 Å². The standard InChI is InChI=1S/C25H30OS4/c1-24(2)13-27-20-7-5-17(11-22(20)29-15-24)9-19(26)10-18-6-8-21-23(12-18)30-16-25(3,4)14-28-21/h5-8,11-12H,9-10,13-16H2,1-4H3. The summed E-state index contributed by atoms with van der Waals surface area (Å²) in [6.07, 6.45) is 1.04. The molecule has 160 valence electrons. The van der Waals surface area contributed by atoms with Crippen molar-refractivity contribution in [1.82, 2.24) is 0 Å². The summed E-state index contributed by atoms with van der Waals surface area (Å²) in [6, 6.07) is 13.2. The molecule has 0 fully saturated rings. The second-order valence-corrected chi connectivity index (χ2v) is 14.0. The van der Waals surface area contributed by atoms with Gasteiger partial charge >= 0.3 is 0 Å². The Bertz CT molecular complexity index is 873. The maximum atomic E-state index is 12.8. The lowest BCUT2D eigenvalue weighted by Gasteiger charge is -2.19. The van der Waals surface area contributed by atoms with Gasteiger partial charge in [0.1, 0.15) is 5.78 Å². The van der Waals surface area contributed by atoms with Crippen LogP contribution in [0.25, 0.3) is 0 Å². The average Bonchev–Trinajstić information content (AvgIpc) is 2.93. The Morgan fingerprint density at radius 1 is 0.667 bits per heavy atom. The predicted octanol–water partition coefficient (Wildman–Crippen LogP) is 7.49. The number of hydrogen-bond donors (Lipinski definition) is 0. The molecule has 0 bridgehead atoms. The molecule has 4 rings (SSSR count). The van der Waals surface area contributed by atoms with E-state index in [0.29, 0.717) is 29.5 Å². The Morgan fingerprint density at radius 2 is 1.03 bits per heavy atom. The molecule has 0 saturated carbocycles. The van der Waals surface area contributed by atoms with E-state index in [1.54, 1.807) is 0 Å². The number of benzene rings is 2. The summed E-state index contributed by atoms with van der Waals surface area (Å²) in [7, 11) is 0. The van der Waals surface area contributed by atoms with E-state index in [4.69, 9.17) is 0 Å². The molecule has 2 aromatic carbocycles. The monoisotopic (exact) mass is 474 g/mol. The van der Waals surface area contributed by atoms with E-state index in [1.807, 2.05) is 47.0 Å². The van der Waals surface area contributed by atoms with E-state index in [-0.39, 0.29) is 0 Å². The molecule has 30 heavy (non-hydrogen) atoms. The van der Waals surface area contributed by atoms with E-state index in [0.717, 1.165) is 34.1 Å². The van der Waals surface area contributed by atoms with E-state index in [2.05, 4.69) is 64.1 Å². The molecule has 0 saturated heterocycles. The lowest BCUT2D eigenvalue weighted by molar-refractivity contribution is -0.117. The fourth-order valence-electron chi connectivity index (χ4n) is 3.48. The first-order valence-corrected chi connectivity index (χ1v) is 14.4. The fraction of sp³-hybridized carbons (Fsp3) is 0.480. The van der Waals surface area contributed by atoms with Crippen LogP contribution in [0.4, 0.5) is 0 Å². The summed E-state index contributed by atoms with van der Waals surface area (Å²) in [4.78, 5) is 18.3. The van der Waals surface area contributed by atoms with Crippen LogP contribution in [0.3, 0.4) is 0 Å². The second-order valence-electron chi connectivity index (χ2n) is 9.94. The van der Waals surface area contributed by atoms with Gasteiger partial charge in [-0.2, -0.15) is 0 Å². The number of carbonyl (C=O) groups excluding carboxylic acids is 1. The molecule has 1 nitrogen and oxygen atoms in total. The highest BCUT2D eigenvalue weighted by atomic mass is 32.2. The molecule has 5 heteroatoms. The minimum absolute atomic E-state index is 0.299. The van der Waals surface area contributed by atoms with Gasteiger partial charge in [0.15, 0.2) is 0 Å². The third-order valence-corrected chi connectivity index (χ3v) is 11.9. The first kappa shape index (κ1) is 22.7. The summed E-state index contributed by atoms with van der Waals surface area (Å²) in [5.41, 5.74) is 2.99. The number of thioether (sulfide) groups is 4. The smallest absolute Gasteiger partial charge is 0.141 e. The fourth-order valence-corrected chi connectivity index (χ4v) is 8.66. The summed E-state index contributed by atoms with van der Waals surface area (Å²) in [6.45, 7) is 9.34. The highest BCUT2D eigenvalue weighted by Gasteiger charge is 2.25. The first-order chi connectivity index (χ1) is 14.2. The van der Waals surface area contributed by atoms with Crippen LogP contribution >= 0.6 is 47.0 Å². The second kappa shape index (κ2) is 9.17. The van der Waals surface area contributed by atoms with Crippen molar-refractivity contribution in [3.05, 3.63) is 47.5 Å². The van der Waals surface area contributed by atoms with Crippen LogP contribution in [0.2, 0.25) is 0 Å². The van der Waals surface area contributed by atoms with Crippen molar-refractivity contribution in [3.63, 3.8) is 0 Å². The van der Waals surface area contributed by atoms with Crippen molar-refractivity contribution in [1.29, 1.82) is 0 Å². The maximum absolute atomic E-state index is 12.8. The Morgan fingerprint density at radius 3 is 1.43 bits per heavy atom. The van der Waals surface area contributed by atoms with Crippen LogP contribution < -0.4 is 0 Å². The number of hydrogen-bond acceptors (Lipinski definition) is 5. The largest absolute Gasteiger partial charge is 0.299 e. The number of Topliss-reactive ketones (excluding diaryl/α,β-unsaturated/α-hetero) is 1. The highest BCUT2D eigenvalue weighted by molar-refractivity contribution is 8.03. The van der Waals surface area contributed by atoms with Crippen molar-refractivity contribution in [2.45, 2.75) is 60.1 Å². The number of rotatable bonds is 4. The summed E-state index contributed by atoms with van der Waals surface area (Å²) in [5.74, 6) is 4.86. The van der Waals surface area contributed by atoms with Crippen molar-refractivity contribution in [2.75, 3.05) is 23.0 Å². The number of fused-ring (bicyclic) bond motifs is 2. The summed E-state index contributed by atoms with van der Waals surface area (Å²) < 4.78 is 0. The van der Waals surface area contributed by atoms with Crippen LogP contribution in [0, 0.1) is 10.8 Å². The third-order valence-electron chi connectivity index (χ3n) is 5.29. The summed E-state index contributed by atoms with van der Waals surface area (Å²) >= 11 is 7.79. The Balaban J connectivity index is 1.41. The number of carbonyl (C=O) groups is 1. The zero-order valence-electron chi connectivity index (χ0n) is 18.2. The van der Waals surface area contributed by atoms with E-state index >= 15 is 0 Å². The van der Waals surface area contributed by atoms with Gasteiger partial charge in [-0.25, -0.2) is 0 Å². The molecule has 0 spiro atoms. The van der Waals surface area contributed by atoms with E-state index < -0.39 is 0 Å². The quantitative estimate of drug-likeness (QED) is 0.455. The molecule has 0 amide bonds. The molecule has 2 heterocycles. The zero-order chi connectivity index (χ0) is 21.4. The number of ketones is 1. The highest BCUT2D eigenvalue weighted by Crippen LogP contribution is 2.43. The van der Waals surface area contributed by atoms with Crippen LogP contribution in [-0.2, 0) is 17.6 Å². The lowest BCUT2D eigenvalue weighted by atomic mass is 10.0. The molecule has 0 radical (unpaired) electrons. The Kier molecular flexibility index (Phi) is 6.94. The molecule has 2 aliphatic rings. The van der Waals surface area contributed by atoms with Gasteiger partial charge in [0, 0.05) is 55.4 Å². The normalized spacial score (nSPS) is 19.9. The van der Waals surface area contributed by atoms with Crippen molar-refractivity contribution in [2.24, 2.45) is 10.8 Å². The molecule has 0 N–H and O–H groups in total. The van der Waals surface area contributed by atoms with Gasteiger partial charge in [-0.05, 0) is 46.2 Å². The molecule has 0 aliphatic carbocycles. The van der Waals surface area contributed by atoms with Gasteiger partial charge in [-0.15, -0.1) is 47.0 Å². The molecule has 2 aromatic rings. The Hall–Kier alpha value is -0.490. The maximum Gasteiger partial charge on any atom is 0.141 e. The van der Waals surface area contributed by atoms with Crippen LogP contribution in [0.1, 0.15) is 38.8 Å². The van der Waals surface area contributed by atoms with Gasteiger partial charge in [-0.1, -0.05) is 39.8 Å². The van der Waals surface area contributed by atoms with Gasteiger partial charge < -0.3 is 0 Å². The Labute approximate surface area is 198 Å². The van der Waals surface area contributed by atoms with Crippen LogP contribution in [0.15, 0.2) is 56.0 Å². The van der Waals surface area contributed by atoms with Gasteiger partial charge in [0.25, 0.3) is 0 Å². The van der Waals surface area contributed by atoms with E-state index in [1.165, 1.54) is 19.6 Å². The average molecular weight is 475 g/mol. The molecular weight excluding hydrogens is 445 g/mol. The first-order valence-electron chi connectivity index (χ1n) is 10.5. The van der Waals surface area contributed by atoms with Crippen molar-refractivity contribution >= 4 is 52.8 Å². The van der Waals surface area contributed by atoms with Gasteiger partial charge in [-0.3, -0.25) is 4.79 Å². The third kappa shape index (κ3) is 5.85. The SMILES string of the molecule is CC1(C)CSc2ccc(CC(=O)Cc3ccc4c(c3)SCC(C)(C)CS4)cc2SC1. The topological polar surface area (TPSA) is 17.1 Å². The molecule has 2 aliphatic heterocycles. The van der Waals surface area contributed by atoms with Gasteiger partial charge in [0.2, 0.25) is 0 Å².